The molecule has 2 rings (SSSR count). The Labute approximate surface area is 127 Å². The van der Waals surface area contributed by atoms with Crippen LogP contribution in [-0.2, 0) is 9.36 Å². The molecule has 0 aliphatic carbocycles. The van der Waals surface area contributed by atoms with Gasteiger partial charge < -0.3 is 20.6 Å². The maximum Gasteiger partial charge on any atom is 0.356 e. The van der Waals surface area contributed by atoms with Crippen molar-refractivity contribution in [2.75, 3.05) is 0 Å². The van der Waals surface area contributed by atoms with Crippen LogP contribution >= 0.6 is 7.60 Å². The summed E-state index contributed by atoms with van der Waals surface area (Å²) >= 11 is 0. The van der Waals surface area contributed by atoms with Crippen molar-refractivity contribution < 1.29 is 24.3 Å². The molecule has 116 valence electrons. The van der Waals surface area contributed by atoms with E-state index in [1.807, 2.05) is 0 Å². The van der Waals surface area contributed by atoms with Gasteiger partial charge in [0, 0.05) is 5.92 Å². The van der Waals surface area contributed by atoms with Crippen LogP contribution in [0, 0.1) is 0 Å². The van der Waals surface area contributed by atoms with Crippen molar-refractivity contribution in [3.05, 3.63) is 65.7 Å². The summed E-state index contributed by atoms with van der Waals surface area (Å²) in [4.78, 5) is 30.3. The van der Waals surface area contributed by atoms with Crippen LogP contribution in [0.4, 0.5) is 0 Å². The third kappa shape index (κ3) is 3.43. The van der Waals surface area contributed by atoms with Gasteiger partial charge in [-0.25, -0.2) is 0 Å². The first-order valence-electron chi connectivity index (χ1n) is 6.50. The predicted octanol–water partition coefficient (Wildman–Crippen LogP) is 1.03. The monoisotopic (exact) mass is 321 g/mol. The fourth-order valence-corrected chi connectivity index (χ4v) is 3.23. The number of nitrogens with two attached hydrogens (primary N) is 1. The SMILES string of the molecule is N[C@H](C(=O)O)C(c1ccccc1)c1ccccc1P(=O)(O)O. The van der Waals surface area contributed by atoms with E-state index in [2.05, 4.69) is 0 Å². The number of carboxylic acids is 1. The van der Waals surface area contributed by atoms with E-state index in [0.717, 1.165) is 0 Å². The van der Waals surface area contributed by atoms with Crippen LogP contribution in [-0.4, -0.2) is 26.9 Å². The van der Waals surface area contributed by atoms with E-state index in [-0.39, 0.29) is 10.9 Å². The molecule has 0 heterocycles. The number of hydrogen-bond acceptors (Lipinski definition) is 3. The molecule has 0 radical (unpaired) electrons. The summed E-state index contributed by atoms with van der Waals surface area (Å²) in [5.74, 6) is -2.10. The van der Waals surface area contributed by atoms with E-state index in [1.54, 1.807) is 36.4 Å². The standard InChI is InChI=1S/C15H16NO5P/c16-14(15(17)18)13(10-6-2-1-3-7-10)11-8-4-5-9-12(11)22(19,20)21/h1-9,13-14H,16H2,(H,17,18)(H2,19,20,21)/t13?,14-/m0/s1. The highest BCUT2D eigenvalue weighted by molar-refractivity contribution is 7.60. The van der Waals surface area contributed by atoms with E-state index in [0.29, 0.717) is 5.56 Å². The van der Waals surface area contributed by atoms with Gasteiger partial charge in [-0.05, 0) is 17.2 Å². The molecule has 22 heavy (non-hydrogen) atoms. The molecule has 0 amide bonds. The van der Waals surface area contributed by atoms with Crippen LogP contribution in [0.2, 0.25) is 0 Å². The van der Waals surface area contributed by atoms with Crippen molar-refractivity contribution >= 4 is 18.9 Å². The summed E-state index contributed by atoms with van der Waals surface area (Å²) in [7, 11) is -4.55. The lowest BCUT2D eigenvalue weighted by Gasteiger charge is -2.24. The Morgan fingerprint density at radius 3 is 2.09 bits per heavy atom. The van der Waals surface area contributed by atoms with Crippen LogP contribution in [0.5, 0.6) is 0 Å². The molecule has 2 aromatic carbocycles. The molecule has 0 saturated carbocycles. The Kier molecular flexibility index (Phi) is 4.78. The molecule has 2 atom stereocenters. The van der Waals surface area contributed by atoms with Gasteiger partial charge >= 0.3 is 13.6 Å². The highest BCUT2D eigenvalue weighted by atomic mass is 31.2. The van der Waals surface area contributed by atoms with Gasteiger partial charge in [-0.15, -0.1) is 0 Å². The van der Waals surface area contributed by atoms with Crippen molar-refractivity contribution in [2.24, 2.45) is 5.73 Å². The van der Waals surface area contributed by atoms with E-state index in [4.69, 9.17) is 5.73 Å². The van der Waals surface area contributed by atoms with Crippen molar-refractivity contribution in [2.45, 2.75) is 12.0 Å². The summed E-state index contributed by atoms with van der Waals surface area (Å²) in [6, 6.07) is 13.1. The molecule has 6 nitrogen and oxygen atoms in total. The van der Waals surface area contributed by atoms with Gasteiger partial charge in [-0.2, -0.15) is 0 Å². The summed E-state index contributed by atoms with van der Waals surface area (Å²) in [5, 5.41) is 9.04. The number of aliphatic carboxylic acids is 1. The average Bonchev–Trinajstić information content (AvgIpc) is 2.48. The minimum absolute atomic E-state index is 0.208. The van der Waals surface area contributed by atoms with Gasteiger partial charge in [0.25, 0.3) is 0 Å². The Balaban J connectivity index is 2.66. The first kappa shape index (κ1) is 16.4. The Morgan fingerprint density at radius 2 is 1.55 bits per heavy atom. The lowest BCUT2D eigenvalue weighted by molar-refractivity contribution is -0.138. The largest absolute Gasteiger partial charge is 0.480 e. The third-order valence-electron chi connectivity index (χ3n) is 3.39. The minimum Gasteiger partial charge on any atom is -0.480 e. The molecular weight excluding hydrogens is 305 g/mol. The Bertz CT molecular complexity index is 713. The third-order valence-corrected chi connectivity index (χ3v) is 4.42. The smallest absolute Gasteiger partial charge is 0.356 e. The van der Waals surface area contributed by atoms with Gasteiger partial charge in [-0.3, -0.25) is 9.36 Å². The molecule has 5 N–H and O–H groups in total. The van der Waals surface area contributed by atoms with Crippen molar-refractivity contribution in [1.82, 2.24) is 0 Å². The second-order valence-electron chi connectivity index (χ2n) is 4.86. The zero-order chi connectivity index (χ0) is 16.3. The minimum atomic E-state index is -4.55. The number of hydrogen-bond donors (Lipinski definition) is 4. The molecular formula is C15H16NO5P. The van der Waals surface area contributed by atoms with Crippen LogP contribution in [0.1, 0.15) is 17.0 Å². The van der Waals surface area contributed by atoms with Crippen LogP contribution in [0.25, 0.3) is 0 Å². The second-order valence-corrected chi connectivity index (χ2v) is 6.43. The van der Waals surface area contributed by atoms with E-state index in [9.17, 15) is 24.3 Å². The van der Waals surface area contributed by atoms with Gasteiger partial charge in [0.05, 0.1) is 5.30 Å². The number of benzene rings is 2. The Hall–Kier alpha value is -1.98. The quantitative estimate of drug-likeness (QED) is 0.610. The predicted molar refractivity (Wildman–Crippen MR) is 82.0 cm³/mol. The molecule has 0 bridgehead atoms. The van der Waals surface area contributed by atoms with E-state index in [1.165, 1.54) is 18.2 Å². The molecule has 0 aromatic heterocycles. The number of rotatable bonds is 5. The topological polar surface area (TPSA) is 121 Å². The highest BCUT2D eigenvalue weighted by Crippen LogP contribution is 2.38. The lowest BCUT2D eigenvalue weighted by Crippen LogP contribution is -2.39. The van der Waals surface area contributed by atoms with E-state index >= 15 is 0 Å². The van der Waals surface area contributed by atoms with Gasteiger partial charge in [0.15, 0.2) is 0 Å². The summed E-state index contributed by atoms with van der Waals surface area (Å²) in [6.45, 7) is 0. The molecule has 0 aliphatic heterocycles. The van der Waals surface area contributed by atoms with Gasteiger partial charge in [-0.1, -0.05) is 48.5 Å². The maximum atomic E-state index is 11.7. The number of carbonyl (C=O) groups is 1. The van der Waals surface area contributed by atoms with E-state index < -0.39 is 25.5 Å². The molecule has 1 unspecified atom stereocenters. The normalized spacial score (nSPS) is 14.3. The first-order chi connectivity index (χ1) is 10.3. The van der Waals surface area contributed by atoms with Crippen molar-refractivity contribution in [1.29, 1.82) is 0 Å². The molecule has 2 aromatic rings. The Morgan fingerprint density at radius 1 is 1.00 bits per heavy atom. The van der Waals surface area contributed by atoms with Gasteiger partial charge in [0.2, 0.25) is 0 Å². The zero-order valence-corrected chi connectivity index (χ0v) is 12.4. The van der Waals surface area contributed by atoms with Crippen LogP contribution in [0.3, 0.4) is 0 Å². The van der Waals surface area contributed by atoms with Crippen molar-refractivity contribution in [3.63, 3.8) is 0 Å². The molecule has 7 heteroatoms. The van der Waals surface area contributed by atoms with Gasteiger partial charge in [0.1, 0.15) is 6.04 Å². The first-order valence-corrected chi connectivity index (χ1v) is 8.12. The fourth-order valence-electron chi connectivity index (χ4n) is 2.40. The average molecular weight is 321 g/mol. The molecule has 0 spiro atoms. The summed E-state index contributed by atoms with van der Waals surface area (Å²) < 4.78 is 11.7. The highest BCUT2D eigenvalue weighted by Gasteiger charge is 2.32. The summed E-state index contributed by atoms with van der Waals surface area (Å²) in [6.07, 6.45) is 0. The molecule has 0 aliphatic rings. The second kappa shape index (κ2) is 6.42. The van der Waals surface area contributed by atoms with Crippen LogP contribution in [0.15, 0.2) is 54.6 Å². The molecule has 0 fully saturated rings. The number of carboxylic acid groups (broad SMARTS) is 1. The van der Waals surface area contributed by atoms with Crippen LogP contribution < -0.4 is 11.0 Å². The maximum absolute atomic E-state index is 11.7. The zero-order valence-electron chi connectivity index (χ0n) is 11.5. The molecule has 0 saturated heterocycles. The summed E-state index contributed by atoms with van der Waals surface area (Å²) in [5.41, 5.74) is 6.59. The fraction of sp³-hybridized carbons (Fsp3) is 0.133. The lowest BCUT2D eigenvalue weighted by atomic mass is 9.85. The van der Waals surface area contributed by atoms with Crippen molar-refractivity contribution in [3.8, 4) is 0 Å².